The molecule has 0 radical (unpaired) electrons. The summed E-state index contributed by atoms with van der Waals surface area (Å²) in [4.78, 5) is 25.6. The summed E-state index contributed by atoms with van der Waals surface area (Å²) in [5, 5.41) is 1.09. The van der Waals surface area contributed by atoms with Gasteiger partial charge in [-0.1, -0.05) is 24.3 Å². The molecule has 2 heterocycles. The smallest absolute Gasteiger partial charge is 0.258 e. The van der Waals surface area contributed by atoms with Crippen LogP contribution in [0.5, 0.6) is 11.5 Å². The first kappa shape index (κ1) is 12.5. The highest BCUT2D eigenvalue weighted by Crippen LogP contribution is 2.42. The predicted octanol–water partition coefficient (Wildman–Crippen LogP) is 2.48. The number of ketones is 1. The van der Waals surface area contributed by atoms with Crippen molar-refractivity contribution >= 4 is 16.6 Å². The van der Waals surface area contributed by atoms with Crippen LogP contribution in [0.1, 0.15) is 15.9 Å². The minimum absolute atomic E-state index is 0.0601. The van der Waals surface area contributed by atoms with Crippen LogP contribution in [0, 0.1) is 0 Å². The number of fused-ring (bicyclic) bond motifs is 6. The molecule has 1 aliphatic heterocycles. The van der Waals surface area contributed by atoms with Gasteiger partial charge in [0.1, 0.15) is 0 Å². The predicted molar refractivity (Wildman–Crippen MR) is 84.2 cm³/mol. The van der Waals surface area contributed by atoms with Crippen molar-refractivity contribution in [1.82, 2.24) is 4.57 Å². The van der Waals surface area contributed by atoms with Crippen molar-refractivity contribution in [3.63, 3.8) is 0 Å². The third-order valence-electron chi connectivity index (χ3n) is 4.54. The van der Waals surface area contributed by atoms with Gasteiger partial charge in [0.2, 0.25) is 6.79 Å². The van der Waals surface area contributed by atoms with E-state index in [1.165, 1.54) is 0 Å². The molecule has 0 bridgehead atoms. The van der Waals surface area contributed by atoms with Crippen molar-refractivity contribution in [3.8, 4) is 22.8 Å². The monoisotopic (exact) mass is 305 g/mol. The van der Waals surface area contributed by atoms with E-state index in [0.29, 0.717) is 39.1 Å². The molecule has 2 aliphatic rings. The topological polar surface area (TPSA) is 57.5 Å². The van der Waals surface area contributed by atoms with Gasteiger partial charge in [-0.05, 0) is 12.1 Å². The standard InChI is InChI=1S/C18H11NO4/c1-19-16-9-4-2-3-5-10(9)17(20)15(16)11-6-13-14(23-8-22-13)7-12(11)18(19)21/h2-7H,8H2,1H3. The largest absolute Gasteiger partial charge is 0.454 e. The molecule has 0 atom stereocenters. The normalized spacial score (nSPS) is 14.2. The second-order valence-electron chi connectivity index (χ2n) is 5.71. The maximum absolute atomic E-state index is 12.9. The lowest BCUT2D eigenvalue weighted by molar-refractivity contribution is 0.104. The first-order chi connectivity index (χ1) is 11.2. The summed E-state index contributed by atoms with van der Waals surface area (Å²) < 4.78 is 12.3. The fraction of sp³-hybridized carbons (Fsp3) is 0.111. The number of hydrogen-bond donors (Lipinski definition) is 0. The van der Waals surface area contributed by atoms with Crippen LogP contribution in [0.3, 0.4) is 0 Å². The average Bonchev–Trinajstić information content (AvgIpc) is 3.14. The molecule has 0 fully saturated rings. The fourth-order valence-corrected chi connectivity index (χ4v) is 3.47. The summed E-state index contributed by atoms with van der Waals surface area (Å²) in [7, 11) is 1.70. The van der Waals surface area contributed by atoms with Crippen molar-refractivity contribution in [2.75, 3.05) is 6.79 Å². The SMILES string of the molecule is Cn1c2c(c3cc4c(cc3c1=O)OCO4)C(=O)c1ccccc1-2. The van der Waals surface area contributed by atoms with Crippen molar-refractivity contribution in [1.29, 1.82) is 0 Å². The Labute approximate surface area is 130 Å². The fourth-order valence-electron chi connectivity index (χ4n) is 3.47. The first-order valence-corrected chi connectivity index (χ1v) is 7.27. The van der Waals surface area contributed by atoms with Crippen LogP contribution in [0.15, 0.2) is 41.2 Å². The summed E-state index contributed by atoms with van der Waals surface area (Å²) in [6.07, 6.45) is 0. The van der Waals surface area contributed by atoms with E-state index < -0.39 is 0 Å². The number of nitrogens with zero attached hydrogens (tertiary/aromatic N) is 1. The Morgan fingerprint density at radius 2 is 1.61 bits per heavy atom. The number of benzene rings is 2. The van der Waals surface area contributed by atoms with Gasteiger partial charge in [-0.3, -0.25) is 9.59 Å². The minimum atomic E-state index is -0.151. The van der Waals surface area contributed by atoms with Crippen LogP contribution < -0.4 is 15.0 Å². The van der Waals surface area contributed by atoms with Crippen LogP contribution >= 0.6 is 0 Å². The number of hydrogen-bond acceptors (Lipinski definition) is 4. The third kappa shape index (κ3) is 1.41. The van der Waals surface area contributed by atoms with Crippen LogP contribution in [-0.2, 0) is 7.05 Å². The molecular weight excluding hydrogens is 294 g/mol. The lowest BCUT2D eigenvalue weighted by Gasteiger charge is -2.11. The Kier molecular flexibility index (Phi) is 2.17. The molecule has 0 spiro atoms. The van der Waals surface area contributed by atoms with Gasteiger partial charge in [-0.15, -0.1) is 0 Å². The number of carbonyl (C=O) groups excluding carboxylic acids is 1. The van der Waals surface area contributed by atoms with E-state index in [1.54, 1.807) is 29.8 Å². The van der Waals surface area contributed by atoms with Crippen LogP contribution in [-0.4, -0.2) is 17.1 Å². The second-order valence-corrected chi connectivity index (χ2v) is 5.71. The zero-order valence-corrected chi connectivity index (χ0v) is 12.3. The van der Waals surface area contributed by atoms with Crippen LogP contribution in [0.2, 0.25) is 0 Å². The van der Waals surface area contributed by atoms with Gasteiger partial charge in [0.25, 0.3) is 5.56 Å². The number of aromatic nitrogens is 1. The molecule has 112 valence electrons. The molecule has 0 unspecified atom stereocenters. The number of carbonyl (C=O) groups is 1. The van der Waals surface area contributed by atoms with Crippen molar-refractivity contribution in [3.05, 3.63) is 57.9 Å². The Balaban J connectivity index is 2.00. The Bertz CT molecular complexity index is 1090. The maximum Gasteiger partial charge on any atom is 0.258 e. The van der Waals surface area contributed by atoms with Crippen molar-refractivity contribution < 1.29 is 14.3 Å². The molecule has 3 aromatic rings. The highest BCUT2D eigenvalue weighted by molar-refractivity contribution is 6.26. The maximum atomic E-state index is 12.9. The Morgan fingerprint density at radius 1 is 0.957 bits per heavy atom. The third-order valence-corrected chi connectivity index (χ3v) is 4.54. The molecule has 0 amide bonds. The van der Waals surface area contributed by atoms with E-state index in [0.717, 1.165) is 5.56 Å². The van der Waals surface area contributed by atoms with Gasteiger partial charge in [0.05, 0.1) is 16.6 Å². The van der Waals surface area contributed by atoms with Crippen molar-refractivity contribution in [2.24, 2.45) is 7.05 Å². The summed E-state index contributed by atoms with van der Waals surface area (Å²) in [5.74, 6) is 1.05. The van der Waals surface area contributed by atoms with Gasteiger partial charge in [0, 0.05) is 23.6 Å². The van der Waals surface area contributed by atoms with Gasteiger partial charge in [-0.25, -0.2) is 0 Å². The molecule has 1 aliphatic carbocycles. The lowest BCUT2D eigenvalue weighted by Crippen LogP contribution is -2.20. The zero-order chi connectivity index (χ0) is 15.7. The molecule has 0 saturated heterocycles. The van der Waals surface area contributed by atoms with E-state index in [4.69, 9.17) is 9.47 Å². The molecule has 1 aromatic heterocycles. The summed E-state index contributed by atoms with van der Waals surface area (Å²) >= 11 is 0. The van der Waals surface area contributed by atoms with Crippen LogP contribution in [0.4, 0.5) is 0 Å². The van der Waals surface area contributed by atoms with Crippen LogP contribution in [0.25, 0.3) is 22.0 Å². The zero-order valence-electron chi connectivity index (χ0n) is 12.3. The number of pyridine rings is 1. The van der Waals surface area contributed by atoms with E-state index in [1.807, 2.05) is 18.2 Å². The molecule has 0 N–H and O–H groups in total. The van der Waals surface area contributed by atoms with Crippen molar-refractivity contribution in [2.45, 2.75) is 0 Å². The lowest BCUT2D eigenvalue weighted by atomic mass is 10.0. The Hall–Kier alpha value is -3.08. The van der Waals surface area contributed by atoms with Gasteiger partial charge >= 0.3 is 0 Å². The molecule has 0 saturated carbocycles. The Morgan fingerprint density at radius 3 is 2.35 bits per heavy atom. The molecular formula is C18H11NO4. The molecule has 23 heavy (non-hydrogen) atoms. The number of ether oxygens (including phenoxy) is 2. The minimum Gasteiger partial charge on any atom is -0.454 e. The molecule has 5 heteroatoms. The van der Waals surface area contributed by atoms with E-state index in [2.05, 4.69) is 0 Å². The highest BCUT2D eigenvalue weighted by atomic mass is 16.7. The highest BCUT2D eigenvalue weighted by Gasteiger charge is 2.32. The summed E-state index contributed by atoms with van der Waals surface area (Å²) in [6.45, 7) is 0.127. The summed E-state index contributed by atoms with van der Waals surface area (Å²) in [6, 6.07) is 10.8. The summed E-state index contributed by atoms with van der Waals surface area (Å²) in [5.41, 5.74) is 2.50. The van der Waals surface area contributed by atoms with E-state index in [9.17, 15) is 9.59 Å². The molecule has 5 nitrogen and oxygen atoms in total. The van der Waals surface area contributed by atoms with E-state index in [-0.39, 0.29) is 18.1 Å². The van der Waals surface area contributed by atoms with Gasteiger partial charge in [-0.2, -0.15) is 0 Å². The quantitative estimate of drug-likeness (QED) is 0.501. The van der Waals surface area contributed by atoms with Gasteiger partial charge in [0.15, 0.2) is 17.3 Å². The molecule has 5 rings (SSSR count). The van der Waals surface area contributed by atoms with Gasteiger partial charge < -0.3 is 14.0 Å². The molecule has 2 aromatic carbocycles. The average molecular weight is 305 g/mol. The first-order valence-electron chi connectivity index (χ1n) is 7.27. The number of rotatable bonds is 0. The second kappa shape index (κ2) is 4.01. The van der Waals surface area contributed by atoms with E-state index >= 15 is 0 Å².